The molecule has 1 aliphatic carbocycles. The number of anilines is 2. The Bertz CT molecular complexity index is 339. The van der Waals surface area contributed by atoms with Crippen molar-refractivity contribution >= 4 is 11.4 Å². The first-order valence-electron chi connectivity index (χ1n) is 6.38. The van der Waals surface area contributed by atoms with Crippen LogP contribution >= 0.6 is 0 Å². The van der Waals surface area contributed by atoms with E-state index < -0.39 is 0 Å². The van der Waals surface area contributed by atoms with Crippen LogP contribution in [0.15, 0.2) is 18.2 Å². The topological polar surface area (TPSA) is 38.0 Å². The molecule has 2 rings (SSSR count). The molecule has 1 aromatic rings. The van der Waals surface area contributed by atoms with Gasteiger partial charge >= 0.3 is 0 Å². The van der Waals surface area contributed by atoms with E-state index in [4.69, 9.17) is 5.73 Å². The van der Waals surface area contributed by atoms with Gasteiger partial charge in [-0.05, 0) is 37.5 Å². The van der Waals surface area contributed by atoms with Crippen LogP contribution < -0.4 is 11.1 Å². The maximum absolute atomic E-state index is 5.82. The van der Waals surface area contributed by atoms with E-state index in [2.05, 4.69) is 24.4 Å². The summed E-state index contributed by atoms with van der Waals surface area (Å²) in [6.07, 6.45) is 8.11. The van der Waals surface area contributed by atoms with Crippen molar-refractivity contribution in [2.24, 2.45) is 0 Å². The van der Waals surface area contributed by atoms with Crippen LogP contribution in [0.5, 0.6) is 0 Å². The fourth-order valence-electron chi connectivity index (χ4n) is 2.44. The molecular weight excluding hydrogens is 196 g/mol. The molecule has 0 atom stereocenters. The normalized spacial score (nSPS) is 18.1. The molecule has 1 aliphatic rings. The molecule has 0 aromatic heterocycles. The lowest BCUT2D eigenvalue weighted by Gasteiger charge is -2.19. The maximum Gasteiger partial charge on any atom is 0.0392 e. The Morgan fingerprint density at radius 3 is 2.50 bits per heavy atom. The molecule has 0 heterocycles. The largest absolute Gasteiger partial charge is 0.399 e. The second-order valence-corrected chi connectivity index (χ2v) is 4.91. The molecule has 0 radical (unpaired) electrons. The van der Waals surface area contributed by atoms with Gasteiger partial charge in [-0.15, -0.1) is 0 Å². The van der Waals surface area contributed by atoms with Crippen LogP contribution in [0.4, 0.5) is 11.4 Å². The number of nitrogens with two attached hydrogens (primary N) is 1. The number of nitrogens with one attached hydrogen (secondary N) is 1. The fourth-order valence-corrected chi connectivity index (χ4v) is 2.44. The monoisotopic (exact) mass is 218 g/mol. The highest BCUT2D eigenvalue weighted by Crippen LogP contribution is 2.24. The van der Waals surface area contributed by atoms with Crippen molar-refractivity contribution in [1.29, 1.82) is 0 Å². The summed E-state index contributed by atoms with van der Waals surface area (Å²) in [5.41, 5.74) is 9.18. The summed E-state index contributed by atoms with van der Waals surface area (Å²) in [5, 5.41) is 3.65. The first-order chi connectivity index (χ1) is 7.75. The lowest BCUT2D eigenvalue weighted by atomic mass is 10.1. The zero-order valence-electron chi connectivity index (χ0n) is 10.1. The smallest absolute Gasteiger partial charge is 0.0392 e. The van der Waals surface area contributed by atoms with E-state index in [0.717, 1.165) is 5.69 Å². The van der Waals surface area contributed by atoms with Gasteiger partial charge in [-0.1, -0.05) is 31.7 Å². The Morgan fingerprint density at radius 2 is 1.81 bits per heavy atom. The molecule has 2 nitrogen and oxygen atoms in total. The predicted molar refractivity (Wildman–Crippen MR) is 70.7 cm³/mol. The second-order valence-electron chi connectivity index (χ2n) is 4.91. The zero-order chi connectivity index (χ0) is 11.4. The predicted octanol–water partition coefficient (Wildman–Crippen LogP) is 3.71. The number of nitrogen functional groups attached to an aromatic ring is 1. The van der Waals surface area contributed by atoms with Crippen molar-refractivity contribution in [3.8, 4) is 0 Å². The van der Waals surface area contributed by atoms with Crippen LogP contribution in [0.1, 0.15) is 44.1 Å². The highest BCUT2D eigenvalue weighted by atomic mass is 14.9. The molecule has 0 saturated heterocycles. The number of hydrogen-bond donors (Lipinski definition) is 2. The van der Waals surface area contributed by atoms with Crippen molar-refractivity contribution in [2.45, 2.75) is 51.5 Å². The van der Waals surface area contributed by atoms with Gasteiger partial charge in [0.15, 0.2) is 0 Å². The molecule has 0 bridgehead atoms. The third kappa shape index (κ3) is 2.91. The summed E-state index contributed by atoms with van der Waals surface area (Å²) in [5.74, 6) is 0. The standard InChI is InChI=1S/C14H22N2/c1-11-8-9-12(15)10-14(11)16-13-6-4-2-3-5-7-13/h8-10,13,16H,2-7,15H2,1H3. The van der Waals surface area contributed by atoms with Gasteiger partial charge in [0.05, 0.1) is 0 Å². The second kappa shape index (κ2) is 5.24. The molecule has 3 N–H and O–H groups in total. The Kier molecular flexibility index (Phi) is 3.70. The minimum absolute atomic E-state index is 0.642. The van der Waals surface area contributed by atoms with E-state index in [-0.39, 0.29) is 0 Å². The number of hydrogen-bond acceptors (Lipinski definition) is 2. The van der Waals surface area contributed by atoms with Crippen LogP contribution in [0.25, 0.3) is 0 Å². The first kappa shape index (κ1) is 11.3. The SMILES string of the molecule is Cc1ccc(N)cc1NC1CCCCCC1. The summed E-state index contributed by atoms with van der Waals surface area (Å²) in [4.78, 5) is 0. The van der Waals surface area contributed by atoms with Gasteiger partial charge in [0.1, 0.15) is 0 Å². The summed E-state index contributed by atoms with van der Waals surface area (Å²) in [6, 6.07) is 6.75. The maximum atomic E-state index is 5.82. The minimum atomic E-state index is 0.642. The van der Waals surface area contributed by atoms with Gasteiger partial charge in [0.2, 0.25) is 0 Å². The van der Waals surface area contributed by atoms with E-state index in [1.165, 1.54) is 49.8 Å². The number of benzene rings is 1. The third-order valence-electron chi connectivity index (χ3n) is 3.48. The van der Waals surface area contributed by atoms with Gasteiger partial charge in [0, 0.05) is 17.4 Å². The highest BCUT2D eigenvalue weighted by Gasteiger charge is 2.12. The lowest BCUT2D eigenvalue weighted by Crippen LogP contribution is -2.18. The lowest BCUT2D eigenvalue weighted by molar-refractivity contribution is 0.619. The molecule has 0 aliphatic heterocycles. The molecule has 1 fully saturated rings. The van der Waals surface area contributed by atoms with Crippen molar-refractivity contribution in [3.63, 3.8) is 0 Å². The zero-order valence-corrected chi connectivity index (χ0v) is 10.1. The molecule has 1 aromatic carbocycles. The van der Waals surface area contributed by atoms with Gasteiger partial charge in [0.25, 0.3) is 0 Å². The van der Waals surface area contributed by atoms with Crippen LogP contribution in [0.2, 0.25) is 0 Å². The van der Waals surface area contributed by atoms with Crippen LogP contribution in [0.3, 0.4) is 0 Å². The average Bonchev–Trinajstić information content (AvgIpc) is 2.52. The summed E-state index contributed by atoms with van der Waals surface area (Å²) >= 11 is 0. The first-order valence-corrected chi connectivity index (χ1v) is 6.38. The summed E-state index contributed by atoms with van der Waals surface area (Å²) < 4.78 is 0. The highest BCUT2D eigenvalue weighted by molar-refractivity contribution is 5.59. The van der Waals surface area contributed by atoms with E-state index in [1.54, 1.807) is 0 Å². The Balaban J connectivity index is 2.04. The molecule has 2 heteroatoms. The summed E-state index contributed by atoms with van der Waals surface area (Å²) in [6.45, 7) is 2.14. The Labute approximate surface area is 98.2 Å². The molecule has 0 unspecified atom stereocenters. The quantitative estimate of drug-likeness (QED) is 0.586. The Hall–Kier alpha value is -1.18. The van der Waals surface area contributed by atoms with Crippen molar-refractivity contribution in [3.05, 3.63) is 23.8 Å². The molecule has 88 valence electrons. The minimum Gasteiger partial charge on any atom is -0.399 e. The molecule has 1 saturated carbocycles. The Morgan fingerprint density at radius 1 is 1.12 bits per heavy atom. The van der Waals surface area contributed by atoms with Crippen LogP contribution in [-0.2, 0) is 0 Å². The van der Waals surface area contributed by atoms with Crippen molar-refractivity contribution in [2.75, 3.05) is 11.1 Å². The van der Waals surface area contributed by atoms with E-state index in [0.29, 0.717) is 6.04 Å². The van der Waals surface area contributed by atoms with Gasteiger partial charge in [-0.3, -0.25) is 0 Å². The van der Waals surface area contributed by atoms with E-state index in [9.17, 15) is 0 Å². The van der Waals surface area contributed by atoms with Gasteiger partial charge in [-0.25, -0.2) is 0 Å². The average molecular weight is 218 g/mol. The van der Waals surface area contributed by atoms with Crippen molar-refractivity contribution < 1.29 is 0 Å². The number of rotatable bonds is 2. The van der Waals surface area contributed by atoms with Gasteiger partial charge in [-0.2, -0.15) is 0 Å². The van der Waals surface area contributed by atoms with Crippen LogP contribution in [-0.4, -0.2) is 6.04 Å². The molecule has 16 heavy (non-hydrogen) atoms. The molecule has 0 amide bonds. The summed E-state index contributed by atoms with van der Waals surface area (Å²) in [7, 11) is 0. The van der Waals surface area contributed by atoms with Gasteiger partial charge < -0.3 is 11.1 Å². The van der Waals surface area contributed by atoms with E-state index >= 15 is 0 Å². The third-order valence-corrected chi connectivity index (χ3v) is 3.48. The molecular formula is C14H22N2. The van der Waals surface area contributed by atoms with Crippen molar-refractivity contribution in [1.82, 2.24) is 0 Å². The fraction of sp³-hybridized carbons (Fsp3) is 0.571. The molecule has 0 spiro atoms. The van der Waals surface area contributed by atoms with Crippen LogP contribution in [0, 0.1) is 6.92 Å². The van der Waals surface area contributed by atoms with E-state index in [1.807, 2.05) is 6.07 Å². The number of aryl methyl sites for hydroxylation is 1.